The van der Waals surface area contributed by atoms with Gasteiger partial charge in [-0.1, -0.05) is 29.5 Å². The van der Waals surface area contributed by atoms with Crippen LogP contribution in [-0.4, -0.2) is 16.8 Å². The highest BCUT2D eigenvalue weighted by Crippen LogP contribution is 2.34. The Hall–Kier alpha value is -2.80. The third kappa shape index (κ3) is 2.87. The van der Waals surface area contributed by atoms with Crippen molar-refractivity contribution in [2.45, 2.75) is 19.3 Å². The highest BCUT2D eigenvalue weighted by molar-refractivity contribution is 7.22. The third-order valence-electron chi connectivity index (χ3n) is 4.22. The number of nitrogens with one attached hydrogen (secondary N) is 2. The maximum atomic E-state index is 13.4. The minimum atomic E-state index is -0.669. The van der Waals surface area contributed by atoms with Crippen molar-refractivity contribution in [1.29, 1.82) is 0 Å². The second-order valence-corrected chi connectivity index (χ2v) is 7.00. The van der Waals surface area contributed by atoms with E-state index < -0.39 is 11.7 Å². The fraction of sp³-hybridized carbons (Fsp3) is 0.167. The second kappa shape index (κ2) is 5.93. The van der Waals surface area contributed by atoms with E-state index in [0.29, 0.717) is 16.4 Å². The molecule has 7 heteroatoms. The van der Waals surface area contributed by atoms with Crippen LogP contribution < -0.4 is 10.6 Å². The van der Waals surface area contributed by atoms with Crippen molar-refractivity contribution in [2.75, 3.05) is 10.6 Å². The van der Waals surface area contributed by atoms with Gasteiger partial charge in [0.25, 0.3) is 0 Å². The number of benzene rings is 2. The molecule has 1 aliphatic rings. The van der Waals surface area contributed by atoms with E-state index >= 15 is 0 Å². The van der Waals surface area contributed by atoms with Crippen molar-refractivity contribution in [3.63, 3.8) is 0 Å². The van der Waals surface area contributed by atoms with Crippen molar-refractivity contribution in [3.8, 4) is 0 Å². The van der Waals surface area contributed by atoms with Gasteiger partial charge < -0.3 is 10.6 Å². The molecule has 1 aliphatic heterocycles. The average Bonchev–Trinajstić information content (AvgIpc) is 2.97. The molecule has 5 nitrogen and oxygen atoms in total. The number of aromatic nitrogens is 1. The average molecular weight is 355 g/mol. The number of rotatable bonds is 2. The first-order chi connectivity index (χ1) is 12.0. The Labute approximate surface area is 146 Å². The number of fused-ring (bicyclic) bond motifs is 2. The fourth-order valence-corrected chi connectivity index (χ4v) is 3.95. The molecule has 1 aromatic heterocycles. The van der Waals surface area contributed by atoms with Gasteiger partial charge in [0.15, 0.2) is 5.13 Å². The Bertz CT molecular complexity index is 1010. The monoisotopic (exact) mass is 355 g/mol. The van der Waals surface area contributed by atoms with E-state index in [-0.39, 0.29) is 18.2 Å². The second-order valence-electron chi connectivity index (χ2n) is 5.97. The standard InChI is InChI=1S/C18H14FN3O2S/c1-9-3-2-4-14-16(9)21-18(25-14)22-17(24)12-8-15(23)20-13-7-10(19)5-6-11(12)13/h2-7,12H,8H2,1H3,(H,20,23)(H,21,22,24). The summed E-state index contributed by atoms with van der Waals surface area (Å²) in [7, 11) is 0. The van der Waals surface area contributed by atoms with Crippen molar-refractivity contribution < 1.29 is 14.0 Å². The number of anilines is 2. The molecule has 3 aromatic rings. The normalized spacial score (nSPS) is 16.4. The molecule has 1 atom stereocenters. The summed E-state index contributed by atoms with van der Waals surface area (Å²) in [6.45, 7) is 1.96. The molecule has 4 rings (SSSR count). The number of carbonyl (C=O) groups is 2. The number of para-hydroxylation sites is 1. The largest absolute Gasteiger partial charge is 0.326 e. The van der Waals surface area contributed by atoms with Crippen molar-refractivity contribution >= 4 is 44.2 Å². The predicted octanol–water partition coefficient (Wildman–Crippen LogP) is 3.81. The lowest BCUT2D eigenvalue weighted by molar-refractivity contribution is -0.123. The first-order valence-electron chi connectivity index (χ1n) is 7.77. The summed E-state index contributed by atoms with van der Waals surface area (Å²) in [5, 5.41) is 5.90. The van der Waals surface area contributed by atoms with Crippen molar-refractivity contribution in [3.05, 3.63) is 53.3 Å². The molecule has 2 aromatic carbocycles. The molecule has 0 saturated carbocycles. The Morgan fingerprint density at radius 2 is 2.20 bits per heavy atom. The van der Waals surface area contributed by atoms with Gasteiger partial charge in [-0.2, -0.15) is 0 Å². The van der Waals surface area contributed by atoms with E-state index in [1.54, 1.807) is 0 Å². The maximum absolute atomic E-state index is 13.4. The van der Waals surface area contributed by atoms with Gasteiger partial charge >= 0.3 is 0 Å². The number of amides is 2. The first-order valence-corrected chi connectivity index (χ1v) is 8.59. The van der Waals surface area contributed by atoms with E-state index in [1.807, 2.05) is 25.1 Å². The maximum Gasteiger partial charge on any atom is 0.234 e. The van der Waals surface area contributed by atoms with Crippen LogP contribution >= 0.6 is 11.3 Å². The molecule has 2 amide bonds. The summed E-state index contributed by atoms with van der Waals surface area (Å²) < 4.78 is 14.4. The van der Waals surface area contributed by atoms with E-state index in [2.05, 4.69) is 15.6 Å². The highest BCUT2D eigenvalue weighted by Gasteiger charge is 2.31. The summed E-state index contributed by atoms with van der Waals surface area (Å²) >= 11 is 1.38. The van der Waals surface area contributed by atoms with Crippen LogP contribution in [-0.2, 0) is 9.59 Å². The lowest BCUT2D eigenvalue weighted by Gasteiger charge is -2.24. The van der Waals surface area contributed by atoms with Crippen molar-refractivity contribution in [2.24, 2.45) is 0 Å². The van der Waals surface area contributed by atoms with Crippen LogP contribution in [0.4, 0.5) is 15.2 Å². The third-order valence-corrected chi connectivity index (χ3v) is 5.16. The number of hydrogen-bond donors (Lipinski definition) is 2. The van der Waals surface area contributed by atoms with Crippen LogP contribution in [0.25, 0.3) is 10.2 Å². The van der Waals surface area contributed by atoms with Crippen LogP contribution in [0.3, 0.4) is 0 Å². The lowest BCUT2D eigenvalue weighted by atomic mass is 9.90. The van der Waals surface area contributed by atoms with Gasteiger partial charge in [0.2, 0.25) is 11.8 Å². The Balaban J connectivity index is 1.64. The van der Waals surface area contributed by atoms with Gasteiger partial charge in [0.05, 0.1) is 16.1 Å². The molecule has 0 aliphatic carbocycles. The van der Waals surface area contributed by atoms with Crippen LogP contribution in [0, 0.1) is 12.7 Å². The minimum absolute atomic E-state index is 0.0222. The summed E-state index contributed by atoms with van der Waals surface area (Å²) in [5.41, 5.74) is 2.84. The summed E-state index contributed by atoms with van der Waals surface area (Å²) in [6, 6.07) is 9.91. The summed E-state index contributed by atoms with van der Waals surface area (Å²) in [4.78, 5) is 29.0. The van der Waals surface area contributed by atoms with Gasteiger partial charge in [0.1, 0.15) is 5.82 Å². The number of aryl methyl sites for hydroxylation is 1. The molecule has 25 heavy (non-hydrogen) atoms. The smallest absolute Gasteiger partial charge is 0.234 e. The topological polar surface area (TPSA) is 71.1 Å². The SMILES string of the molecule is Cc1cccc2sc(NC(=O)C3CC(=O)Nc4cc(F)ccc43)nc12. The van der Waals surface area contributed by atoms with Crippen LogP contribution in [0.5, 0.6) is 0 Å². The molecule has 0 radical (unpaired) electrons. The van der Waals surface area contributed by atoms with Crippen LogP contribution in [0.1, 0.15) is 23.5 Å². The molecule has 126 valence electrons. The zero-order valence-electron chi connectivity index (χ0n) is 13.3. The van der Waals surface area contributed by atoms with E-state index in [0.717, 1.165) is 15.8 Å². The molecule has 0 fully saturated rings. The molecule has 2 N–H and O–H groups in total. The lowest BCUT2D eigenvalue weighted by Crippen LogP contribution is -2.30. The number of carbonyl (C=O) groups excluding carboxylic acids is 2. The number of hydrogen-bond acceptors (Lipinski definition) is 4. The van der Waals surface area contributed by atoms with Gasteiger partial charge in [-0.05, 0) is 36.2 Å². The number of thiazole rings is 1. The predicted molar refractivity (Wildman–Crippen MR) is 95.4 cm³/mol. The van der Waals surface area contributed by atoms with Gasteiger partial charge in [0, 0.05) is 12.1 Å². The molecular formula is C18H14FN3O2S. The minimum Gasteiger partial charge on any atom is -0.326 e. The Morgan fingerprint density at radius 1 is 1.36 bits per heavy atom. The molecular weight excluding hydrogens is 341 g/mol. The zero-order valence-corrected chi connectivity index (χ0v) is 14.1. The van der Waals surface area contributed by atoms with Crippen LogP contribution in [0.2, 0.25) is 0 Å². The van der Waals surface area contributed by atoms with E-state index in [4.69, 9.17) is 0 Å². The zero-order chi connectivity index (χ0) is 17.6. The van der Waals surface area contributed by atoms with Gasteiger partial charge in [-0.25, -0.2) is 9.37 Å². The molecule has 0 bridgehead atoms. The van der Waals surface area contributed by atoms with Crippen molar-refractivity contribution in [1.82, 2.24) is 4.98 Å². The quantitative estimate of drug-likeness (QED) is 0.734. The summed E-state index contributed by atoms with van der Waals surface area (Å²) in [6.07, 6.45) is 0.0222. The van der Waals surface area contributed by atoms with E-state index in [9.17, 15) is 14.0 Å². The number of halogens is 1. The molecule has 2 heterocycles. The first kappa shape index (κ1) is 15.7. The molecule has 1 unspecified atom stereocenters. The number of nitrogens with zero attached hydrogens (tertiary/aromatic N) is 1. The Morgan fingerprint density at radius 3 is 3.00 bits per heavy atom. The molecule has 0 saturated heterocycles. The van der Waals surface area contributed by atoms with Gasteiger partial charge in [-0.3, -0.25) is 9.59 Å². The van der Waals surface area contributed by atoms with Gasteiger partial charge in [-0.15, -0.1) is 0 Å². The van der Waals surface area contributed by atoms with E-state index in [1.165, 1.54) is 29.5 Å². The Kier molecular flexibility index (Phi) is 3.73. The highest BCUT2D eigenvalue weighted by atomic mass is 32.1. The summed E-state index contributed by atoms with van der Waals surface area (Å²) in [5.74, 6) is -1.75. The van der Waals surface area contributed by atoms with Crippen LogP contribution in [0.15, 0.2) is 36.4 Å². The molecule has 0 spiro atoms. The fourth-order valence-electron chi connectivity index (χ4n) is 3.00.